The van der Waals surface area contributed by atoms with E-state index in [1.54, 1.807) is 0 Å². The first-order valence-corrected chi connectivity index (χ1v) is 49.4. The molecule has 0 saturated heterocycles. The minimum absolute atomic E-state index is 0.773. The van der Waals surface area contributed by atoms with Gasteiger partial charge >= 0.3 is 0 Å². The fourth-order valence-corrected chi connectivity index (χ4v) is 22.2. The van der Waals surface area contributed by atoms with Crippen LogP contribution in [0.1, 0.15) is 0 Å². The van der Waals surface area contributed by atoms with Crippen LogP contribution < -0.4 is 14.7 Å². The predicted octanol–water partition coefficient (Wildman–Crippen LogP) is 39.8. The van der Waals surface area contributed by atoms with Gasteiger partial charge in [0, 0.05) is 110 Å². The third-order valence-corrected chi connectivity index (χ3v) is 29.2. The Labute approximate surface area is 836 Å². The summed E-state index contributed by atoms with van der Waals surface area (Å²) in [5.41, 5.74) is 36.5. The van der Waals surface area contributed by atoms with Gasteiger partial charge in [0.25, 0.3) is 0 Å². The molecule has 0 N–H and O–H groups in total. The molecule has 0 aliphatic heterocycles. The van der Waals surface area contributed by atoms with Crippen LogP contribution in [-0.2, 0) is 0 Å². The molecule has 0 fully saturated rings. The van der Waals surface area contributed by atoms with Crippen LogP contribution in [0.5, 0.6) is 0 Å². The summed E-state index contributed by atoms with van der Waals surface area (Å²) < 4.78 is 28.8. The Kier molecular flexibility index (Phi) is 20.2. The topological polar surface area (TPSA) is 62.3 Å². The lowest BCUT2D eigenvalue weighted by atomic mass is 9.91. The Bertz CT molecular complexity index is 10000. The van der Waals surface area contributed by atoms with Crippen LogP contribution in [0.2, 0.25) is 0 Å². The lowest BCUT2D eigenvalue weighted by molar-refractivity contribution is 0.669. The lowest BCUT2D eigenvalue weighted by Gasteiger charge is -2.29. The smallest absolute Gasteiger partial charge is 0.159 e. The Morgan fingerprint density at radius 3 is 0.917 bits per heavy atom. The zero-order chi connectivity index (χ0) is 95.5. The van der Waals surface area contributed by atoms with Crippen molar-refractivity contribution in [3.63, 3.8) is 0 Å². The fourth-order valence-electron chi connectivity index (χ4n) is 22.2. The monoisotopic (exact) mass is 1850 g/mol. The van der Waals surface area contributed by atoms with Crippen molar-refractivity contribution < 1.29 is 17.7 Å². The average Bonchev–Trinajstić information content (AvgIpc) is 1.61. The van der Waals surface area contributed by atoms with Crippen molar-refractivity contribution in [2.75, 3.05) is 14.7 Å². The molecule has 0 spiro atoms. The summed E-state index contributed by atoms with van der Waals surface area (Å²) in [4.78, 5) is 7.15. The molecule has 7 nitrogen and oxygen atoms in total. The number of furan rings is 4. The molecule has 0 bridgehead atoms. The molecule has 0 aliphatic rings. The molecule has 7 heteroatoms. The molecule has 28 aromatic rings. The average molecular weight is 1850 g/mol. The van der Waals surface area contributed by atoms with Crippen LogP contribution in [0.3, 0.4) is 0 Å². The van der Waals surface area contributed by atoms with E-state index in [1.165, 1.54) is 38.1 Å². The van der Waals surface area contributed by atoms with Gasteiger partial charge in [-0.15, -0.1) is 0 Å². The van der Waals surface area contributed by atoms with Crippen molar-refractivity contribution in [1.82, 2.24) is 0 Å². The molecule has 0 amide bonds. The van der Waals surface area contributed by atoms with Gasteiger partial charge in [-0.3, -0.25) is 0 Å². The Hall–Kier alpha value is -19.3. The number of hydrogen-bond acceptors (Lipinski definition) is 7. The maximum absolute atomic E-state index is 7.67. The first-order valence-electron chi connectivity index (χ1n) is 49.4. The predicted molar refractivity (Wildman–Crippen MR) is 606 cm³/mol. The summed E-state index contributed by atoms with van der Waals surface area (Å²) in [5.74, 6) is 0. The molecule has 0 atom stereocenters. The van der Waals surface area contributed by atoms with E-state index >= 15 is 0 Å². The molecule has 678 valence electrons. The minimum Gasteiger partial charge on any atom is -0.455 e. The molecule has 28 rings (SSSR count). The molecular formula is C138H87N3O4. The van der Waals surface area contributed by atoms with Gasteiger partial charge in [-0.2, -0.15) is 0 Å². The van der Waals surface area contributed by atoms with E-state index in [1.807, 2.05) is 12.1 Å². The van der Waals surface area contributed by atoms with Gasteiger partial charge in [-0.05, 0) is 262 Å². The first kappa shape index (κ1) is 83.8. The van der Waals surface area contributed by atoms with Crippen molar-refractivity contribution in [2.45, 2.75) is 0 Å². The SMILES string of the molecule is c1ccc(N(c2ccc(-c3cc(-c4ccc5ccccc5c4)cc(-c4cccc5c4oc4c(-c6ccccc6N(c6ccccc6)c6cc(-c7ccc8ccccc8c7)cc(-c7ccc8c(c7)oc7c(-c9ccccc9N(c9ccc(-c%10cccc(-c%11ccc%12ccccc%12c%11)c%10)cc9)c9cccc%10c9oc9ccccc9%10)cccc78)c6)cccc45)c3)cc2)c2ccccc2-c2cccc3c2oc2ccccc23)cc1. The largest absolute Gasteiger partial charge is 0.455 e. The van der Waals surface area contributed by atoms with Crippen LogP contribution in [-0.4, -0.2) is 0 Å². The Morgan fingerprint density at radius 1 is 0.117 bits per heavy atom. The van der Waals surface area contributed by atoms with Crippen LogP contribution >= 0.6 is 0 Å². The number of hydrogen-bond donors (Lipinski definition) is 0. The molecule has 0 unspecified atom stereocenters. The molecule has 4 heterocycles. The van der Waals surface area contributed by atoms with Gasteiger partial charge in [-0.1, -0.05) is 370 Å². The van der Waals surface area contributed by atoms with Crippen LogP contribution in [0, 0.1) is 0 Å². The zero-order valence-corrected chi connectivity index (χ0v) is 78.7. The van der Waals surface area contributed by atoms with Gasteiger partial charge < -0.3 is 32.4 Å². The quantitative estimate of drug-likeness (QED) is 0.0799. The van der Waals surface area contributed by atoms with Crippen LogP contribution in [0.4, 0.5) is 51.2 Å². The van der Waals surface area contributed by atoms with Crippen molar-refractivity contribution in [2.24, 2.45) is 0 Å². The van der Waals surface area contributed by atoms with Crippen molar-refractivity contribution in [1.29, 1.82) is 0 Å². The van der Waals surface area contributed by atoms with E-state index in [2.05, 4.69) is 530 Å². The maximum Gasteiger partial charge on any atom is 0.159 e. The minimum atomic E-state index is 0.773. The number of rotatable bonds is 19. The number of para-hydroxylation sites is 12. The molecule has 24 aromatic carbocycles. The Morgan fingerprint density at radius 2 is 0.400 bits per heavy atom. The molecular weight excluding hydrogens is 1760 g/mol. The second-order valence-corrected chi connectivity index (χ2v) is 37.7. The van der Waals surface area contributed by atoms with Crippen molar-refractivity contribution >= 4 is 171 Å². The number of anilines is 9. The standard InChI is InChI=1S/C138H87N3O4/c1-3-37-107(38-4-1)139(127-55-18-13-41-113(127)119-47-25-50-122-116-44-16-21-59-131(116)142-135(119)122)109-72-69-92(70-73-109)102-81-103(99-65-62-89-30-8-11-33-94(89)79-99)84-106(83-102)112-46-24-52-125-126-53-27-49-121(137(126)145-134(112)125)114-42-14-19-56-128(114)140(108-39-5-2-6-40-108)111-85-104(100-66-63-90-31-9-12-34-95(90)80-100)82-105(86-111)101-71-76-118-123-51-26-48-120(136(123)144-133(118)87-101)115-43-15-20-57-129(115)141(130-58-28-54-124-117-45-17-22-60-132(117)143-138(124)130)110-74-67-91(68-75-110)96-35-23-36-97(77-96)98-64-61-88-29-7-10-32-93(88)78-98/h1-87H. The van der Waals surface area contributed by atoms with E-state index < -0.39 is 0 Å². The normalized spacial score (nSPS) is 11.7. The summed E-state index contributed by atoms with van der Waals surface area (Å²) in [6.07, 6.45) is 0. The molecule has 0 aliphatic carbocycles. The van der Waals surface area contributed by atoms with Gasteiger partial charge in [0.15, 0.2) is 5.58 Å². The van der Waals surface area contributed by atoms with Crippen LogP contribution in [0.25, 0.3) is 231 Å². The number of nitrogens with zero attached hydrogens (tertiary/aromatic N) is 3. The van der Waals surface area contributed by atoms with Crippen molar-refractivity contribution in [3.05, 3.63) is 528 Å². The van der Waals surface area contributed by atoms with Crippen LogP contribution in [0.15, 0.2) is 545 Å². The maximum atomic E-state index is 7.67. The summed E-state index contributed by atoms with van der Waals surface area (Å²) in [6.45, 7) is 0. The second-order valence-electron chi connectivity index (χ2n) is 37.7. The Balaban J connectivity index is 0.555. The third-order valence-electron chi connectivity index (χ3n) is 29.2. The van der Waals surface area contributed by atoms with E-state index in [9.17, 15) is 0 Å². The van der Waals surface area contributed by atoms with Gasteiger partial charge in [0.1, 0.15) is 39.1 Å². The zero-order valence-electron chi connectivity index (χ0n) is 78.7. The summed E-state index contributed by atoms with van der Waals surface area (Å²) in [7, 11) is 0. The highest BCUT2D eigenvalue weighted by Gasteiger charge is 2.29. The van der Waals surface area contributed by atoms with Gasteiger partial charge in [0.2, 0.25) is 0 Å². The molecule has 145 heavy (non-hydrogen) atoms. The molecule has 4 aromatic heterocycles. The first-order chi connectivity index (χ1) is 71.8. The van der Waals surface area contributed by atoms with Gasteiger partial charge in [0.05, 0.1) is 22.7 Å². The van der Waals surface area contributed by atoms with Crippen molar-refractivity contribution in [3.8, 4) is 111 Å². The highest BCUT2D eigenvalue weighted by Crippen LogP contribution is 2.54. The summed E-state index contributed by atoms with van der Waals surface area (Å²) in [6, 6.07) is 191. The third kappa shape index (κ3) is 14.7. The molecule has 0 radical (unpaired) electrons. The number of fused-ring (bicyclic) bond motifs is 15. The lowest BCUT2D eigenvalue weighted by Crippen LogP contribution is -2.11. The molecule has 0 saturated carbocycles. The fraction of sp³-hybridized carbons (Fsp3) is 0. The number of benzene rings is 24. The second kappa shape index (κ2) is 34.9. The summed E-state index contributed by atoms with van der Waals surface area (Å²) in [5, 5.41) is 15.5. The highest BCUT2D eigenvalue weighted by molar-refractivity contribution is 6.18. The van der Waals surface area contributed by atoms with E-state index in [4.69, 9.17) is 17.7 Å². The highest BCUT2D eigenvalue weighted by atomic mass is 16.3. The van der Waals surface area contributed by atoms with E-state index in [-0.39, 0.29) is 0 Å². The van der Waals surface area contributed by atoms with Gasteiger partial charge in [-0.25, -0.2) is 0 Å². The summed E-state index contributed by atoms with van der Waals surface area (Å²) >= 11 is 0. The van der Waals surface area contributed by atoms with E-state index in [0.29, 0.717) is 0 Å². The van der Waals surface area contributed by atoms with E-state index in [0.717, 1.165) is 244 Å².